The van der Waals surface area contributed by atoms with Gasteiger partial charge < -0.3 is 15.8 Å². The first kappa shape index (κ1) is 20.4. The van der Waals surface area contributed by atoms with Gasteiger partial charge in [-0.25, -0.2) is 0 Å². The molecule has 5 nitrogen and oxygen atoms in total. The van der Waals surface area contributed by atoms with Crippen LogP contribution in [0.5, 0.6) is 5.75 Å². The molecule has 0 radical (unpaired) electrons. The van der Waals surface area contributed by atoms with Crippen molar-refractivity contribution in [3.05, 3.63) is 45.8 Å². The molecule has 0 fully saturated rings. The minimum atomic E-state index is -0.465. The van der Waals surface area contributed by atoms with E-state index in [4.69, 9.17) is 10.5 Å². The first-order valence-corrected chi connectivity index (χ1v) is 10.9. The van der Waals surface area contributed by atoms with Gasteiger partial charge in [0.1, 0.15) is 10.8 Å². The van der Waals surface area contributed by atoms with Gasteiger partial charge in [0.25, 0.3) is 11.8 Å². The fraction of sp³-hybridized carbons (Fsp3) is 0.455. The average molecular weight is 401 g/mol. The van der Waals surface area contributed by atoms with Gasteiger partial charge >= 0.3 is 0 Å². The lowest BCUT2D eigenvalue weighted by molar-refractivity contribution is 0.100. The second-order valence-electron chi connectivity index (χ2n) is 7.17. The van der Waals surface area contributed by atoms with E-state index >= 15 is 0 Å². The number of unbranched alkanes of at least 4 members (excludes halogenated alkanes) is 1. The predicted molar refractivity (Wildman–Crippen MR) is 114 cm³/mol. The fourth-order valence-electron chi connectivity index (χ4n) is 3.48. The number of fused-ring (bicyclic) bond motifs is 1. The standard InChI is InChI=1S/C22H28N2O3S/c1-2-3-14-27-16-12-10-15(11-13-16)21(26)24-22-19(20(23)25)17-8-6-4-5-7-9-18(17)28-22/h10-13H,2-9,14H2,1H3,(H2,23,25)(H,24,26). The normalized spacial score (nSPS) is 13.9. The summed E-state index contributed by atoms with van der Waals surface area (Å²) in [5.41, 5.74) is 7.72. The Labute approximate surface area is 170 Å². The molecule has 2 aromatic rings. The summed E-state index contributed by atoms with van der Waals surface area (Å²) < 4.78 is 5.64. The van der Waals surface area contributed by atoms with Crippen LogP contribution in [0.1, 0.15) is 76.6 Å². The van der Waals surface area contributed by atoms with Gasteiger partial charge in [-0.2, -0.15) is 0 Å². The van der Waals surface area contributed by atoms with Crippen LogP contribution >= 0.6 is 11.3 Å². The van der Waals surface area contributed by atoms with Crippen LogP contribution in [0, 0.1) is 0 Å². The quantitative estimate of drug-likeness (QED) is 0.646. The topological polar surface area (TPSA) is 81.4 Å². The Bertz CT molecular complexity index is 827. The van der Waals surface area contributed by atoms with Crippen LogP contribution in [0.15, 0.2) is 24.3 Å². The van der Waals surface area contributed by atoms with Crippen molar-refractivity contribution < 1.29 is 14.3 Å². The molecule has 1 aliphatic rings. The number of aryl methyl sites for hydroxylation is 1. The Balaban J connectivity index is 1.76. The van der Waals surface area contributed by atoms with Gasteiger partial charge in [-0.3, -0.25) is 9.59 Å². The third-order valence-electron chi connectivity index (χ3n) is 5.03. The highest BCUT2D eigenvalue weighted by molar-refractivity contribution is 7.17. The number of hydrogen-bond acceptors (Lipinski definition) is 4. The molecule has 3 rings (SSSR count). The van der Waals surface area contributed by atoms with Gasteiger partial charge in [-0.1, -0.05) is 26.2 Å². The molecule has 1 aliphatic carbocycles. The predicted octanol–water partition coefficient (Wildman–Crippen LogP) is 4.94. The monoisotopic (exact) mass is 400 g/mol. The molecule has 0 saturated heterocycles. The van der Waals surface area contributed by atoms with Crippen molar-refractivity contribution >= 4 is 28.2 Å². The smallest absolute Gasteiger partial charge is 0.256 e. The molecule has 0 spiro atoms. The van der Waals surface area contributed by atoms with Crippen molar-refractivity contribution in [3.63, 3.8) is 0 Å². The molecule has 0 unspecified atom stereocenters. The number of primary amides is 1. The minimum Gasteiger partial charge on any atom is -0.494 e. The van der Waals surface area contributed by atoms with Crippen molar-refractivity contribution in [2.75, 3.05) is 11.9 Å². The van der Waals surface area contributed by atoms with Gasteiger partial charge in [0.2, 0.25) is 0 Å². The molecule has 1 aromatic carbocycles. The summed E-state index contributed by atoms with van der Waals surface area (Å²) in [4.78, 5) is 26.0. The molecule has 0 bridgehead atoms. The zero-order chi connectivity index (χ0) is 19.9. The van der Waals surface area contributed by atoms with E-state index in [1.54, 1.807) is 24.3 Å². The van der Waals surface area contributed by atoms with Crippen LogP contribution in [0.2, 0.25) is 0 Å². The van der Waals surface area contributed by atoms with E-state index < -0.39 is 5.91 Å². The Hall–Kier alpha value is -2.34. The lowest BCUT2D eigenvalue weighted by atomic mass is 9.96. The summed E-state index contributed by atoms with van der Waals surface area (Å²) in [5, 5.41) is 3.49. The molecule has 28 heavy (non-hydrogen) atoms. The number of benzene rings is 1. The van der Waals surface area contributed by atoms with Crippen LogP contribution in [-0.2, 0) is 12.8 Å². The van der Waals surface area contributed by atoms with Crippen molar-refractivity contribution in [1.29, 1.82) is 0 Å². The van der Waals surface area contributed by atoms with E-state index in [0.717, 1.165) is 49.8 Å². The van der Waals surface area contributed by atoms with Gasteiger partial charge in [-0.15, -0.1) is 11.3 Å². The second-order valence-corrected chi connectivity index (χ2v) is 8.27. The number of rotatable bonds is 7. The van der Waals surface area contributed by atoms with Crippen LogP contribution in [0.4, 0.5) is 5.00 Å². The molecule has 0 atom stereocenters. The average Bonchev–Trinajstić information content (AvgIpc) is 2.99. The molecule has 1 heterocycles. The lowest BCUT2D eigenvalue weighted by Gasteiger charge is -2.10. The maximum absolute atomic E-state index is 12.7. The maximum Gasteiger partial charge on any atom is 0.256 e. The Morgan fingerprint density at radius 3 is 2.50 bits per heavy atom. The Kier molecular flexibility index (Phi) is 7.09. The Morgan fingerprint density at radius 2 is 1.82 bits per heavy atom. The summed E-state index contributed by atoms with van der Waals surface area (Å²) in [6, 6.07) is 7.08. The third kappa shape index (κ3) is 4.93. The molecule has 3 N–H and O–H groups in total. The largest absolute Gasteiger partial charge is 0.494 e. The number of nitrogens with two attached hydrogens (primary N) is 1. The summed E-state index contributed by atoms with van der Waals surface area (Å²) in [6.45, 7) is 2.79. The van der Waals surface area contributed by atoms with Gasteiger partial charge in [-0.05, 0) is 61.9 Å². The van der Waals surface area contributed by atoms with E-state index in [0.29, 0.717) is 22.7 Å². The molecule has 0 aliphatic heterocycles. The van der Waals surface area contributed by atoms with Crippen molar-refractivity contribution in [1.82, 2.24) is 0 Å². The van der Waals surface area contributed by atoms with E-state index in [1.807, 2.05) is 0 Å². The summed E-state index contributed by atoms with van der Waals surface area (Å²) in [5.74, 6) is 0.0480. The Morgan fingerprint density at radius 1 is 1.11 bits per heavy atom. The van der Waals surface area contributed by atoms with E-state index in [1.165, 1.54) is 29.1 Å². The first-order chi connectivity index (χ1) is 13.6. The van der Waals surface area contributed by atoms with Crippen LogP contribution in [0.3, 0.4) is 0 Å². The molecular weight excluding hydrogens is 372 g/mol. The third-order valence-corrected chi connectivity index (χ3v) is 6.24. The van der Waals surface area contributed by atoms with Crippen molar-refractivity contribution in [2.24, 2.45) is 5.73 Å². The number of thiophene rings is 1. The van der Waals surface area contributed by atoms with Gasteiger partial charge in [0, 0.05) is 10.4 Å². The molecule has 1 aromatic heterocycles. The number of amides is 2. The van der Waals surface area contributed by atoms with Crippen LogP contribution in [-0.4, -0.2) is 18.4 Å². The summed E-state index contributed by atoms with van der Waals surface area (Å²) in [6.07, 6.45) is 8.41. The highest BCUT2D eigenvalue weighted by atomic mass is 32.1. The van der Waals surface area contributed by atoms with Crippen LogP contribution < -0.4 is 15.8 Å². The summed E-state index contributed by atoms with van der Waals surface area (Å²) >= 11 is 1.50. The molecular formula is C22H28N2O3S. The number of nitrogens with one attached hydrogen (secondary N) is 1. The number of hydrogen-bond donors (Lipinski definition) is 2. The number of carbonyl (C=O) groups excluding carboxylic acids is 2. The van der Waals surface area contributed by atoms with Gasteiger partial charge in [0.15, 0.2) is 0 Å². The van der Waals surface area contributed by atoms with Gasteiger partial charge in [0.05, 0.1) is 12.2 Å². The van der Waals surface area contributed by atoms with Crippen molar-refractivity contribution in [3.8, 4) is 5.75 Å². The molecule has 0 saturated carbocycles. The highest BCUT2D eigenvalue weighted by Crippen LogP contribution is 2.37. The number of carbonyl (C=O) groups is 2. The van der Waals surface area contributed by atoms with Crippen LogP contribution in [0.25, 0.3) is 0 Å². The number of anilines is 1. The fourth-order valence-corrected chi connectivity index (χ4v) is 4.77. The van der Waals surface area contributed by atoms with E-state index in [-0.39, 0.29) is 5.91 Å². The molecule has 6 heteroatoms. The molecule has 2 amide bonds. The van der Waals surface area contributed by atoms with Crippen molar-refractivity contribution in [2.45, 2.75) is 58.3 Å². The zero-order valence-corrected chi connectivity index (χ0v) is 17.2. The summed E-state index contributed by atoms with van der Waals surface area (Å²) in [7, 11) is 0. The van der Waals surface area contributed by atoms with E-state index in [2.05, 4.69) is 12.2 Å². The minimum absolute atomic E-state index is 0.239. The zero-order valence-electron chi connectivity index (χ0n) is 16.4. The molecule has 150 valence electrons. The highest BCUT2D eigenvalue weighted by Gasteiger charge is 2.24. The van der Waals surface area contributed by atoms with E-state index in [9.17, 15) is 9.59 Å². The SMILES string of the molecule is CCCCOc1ccc(C(=O)Nc2sc3c(c2C(N)=O)CCCCCC3)cc1. The first-order valence-electron chi connectivity index (χ1n) is 10.1. The second kappa shape index (κ2) is 9.73. The maximum atomic E-state index is 12.7. The number of ether oxygens (including phenoxy) is 1. The lowest BCUT2D eigenvalue weighted by Crippen LogP contribution is -2.18.